The molecular weight excluding hydrogens is 575 g/mol. The molecule has 0 spiro atoms. The lowest BCUT2D eigenvalue weighted by Crippen LogP contribution is -2.61. The van der Waals surface area contributed by atoms with Crippen LogP contribution in [0.1, 0.15) is 64.7 Å². The molecule has 5 aliphatic heterocycles. The number of aliphatic imine (C=N–C) groups is 1. The van der Waals surface area contributed by atoms with Gasteiger partial charge in [-0.1, -0.05) is 30.9 Å². The first-order valence-electron chi connectivity index (χ1n) is 17.5. The molecule has 5 aliphatic rings. The van der Waals surface area contributed by atoms with Gasteiger partial charge in [0.25, 0.3) is 0 Å². The van der Waals surface area contributed by atoms with Crippen molar-refractivity contribution in [3.05, 3.63) is 11.6 Å². The fourth-order valence-corrected chi connectivity index (χ4v) is 7.83. The summed E-state index contributed by atoms with van der Waals surface area (Å²) in [6.45, 7) is 9.32. The highest BCUT2D eigenvalue weighted by Gasteiger charge is 2.40. The third-order valence-electron chi connectivity index (χ3n) is 10.7. The predicted octanol–water partition coefficient (Wildman–Crippen LogP) is 0.930. The van der Waals surface area contributed by atoms with Crippen LogP contribution in [0.25, 0.3) is 0 Å². The molecule has 0 saturated carbocycles. The first-order valence-corrected chi connectivity index (χ1v) is 17.5. The first-order chi connectivity index (χ1) is 21.8. The number of alkyl halides is 1. The smallest absolute Gasteiger partial charge is 0.239 e. The van der Waals surface area contributed by atoms with Crippen LogP contribution in [0.4, 0.5) is 4.39 Å². The molecule has 6 unspecified atom stereocenters. The maximum absolute atomic E-state index is 14.6. The minimum absolute atomic E-state index is 0.0932. The standard InChI is InChI=1S/C33H57FN8O3/c1-22-6-4-2-3-5-7-24(34)18-39-28(16-22)30(31(35)36)32(43)40-29-19-37-11-10-26(29)23-8-9-27(38-17-23)33(44)42-14-12-41(13-15-42)25-20-45-21-25/h16,18,23-31,37-38H,2-15,17,19-21,35-36H2,1H3,(H,40,43)/b22-16-,39-18-/t23?,24?,26?,27-,28?,29?,30?/m1/s1. The zero-order valence-corrected chi connectivity index (χ0v) is 27.2. The fraction of sp³-hybridized carbons (Fsp3) is 0.848. The number of piperazine rings is 1. The summed E-state index contributed by atoms with van der Waals surface area (Å²) >= 11 is 0. The quantitative estimate of drug-likeness (QED) is 0.206. The van der Waals surface area contributed by atoms with Crippen LogP contribution in [0, 0.1) is 17.8 Å². The van der Waals surface area contributed by atoms with Crippen molar-refractivity contribution in [1.82, 2.24) is 25.8 Å². The van der Waals surface area contributed by atoms with Gasteiger partial charge in [0.05, 0.1) is 43.4 Å². The summed E-state index contributed by atoms with van der Waals surface area (Å²) in [5.74, 6) is -0.228. The Hall–Kier alpha value is -1.96. The van der Waals surface area contributed by atoms with E-state index in [0.29, 0.717) is 24.9 Å². The summed E-state index contributed by atoms with van der Waals surface area (Å²) in [7, 11) is 0. The molecule has 5 rings (SSSR count). The summed E-state index contributed by atoms with van der Waals surface area (Å²) in [4.78, 5) is 36.2. The minimum Gasteiger partial charge on any atom is -0.378 e. The Morgan fingerprint density at radius 3 is 2.51 bits per heavy atom. The van der Waals surface area contributed by atoms with E-state index in [1.165, 1.54) is 6.21 Å². The Bertz CT molecular complexity index is 1020. The number of rotatable bonds is 7. The molecular formula is C33H57FN8O3. The van der Waals surface area contributed by atoms with E-state index in [-0.39, 0.29) is 29.8 Å². The molecule has 5 heterocycles. The predicted molar refractivity (Wildman–Crippen MR) is 174 cm³/mol. The number of halogens is 1. The van der Waals surface area contributed by atoms with Crippen molar-refractivity contribution in [3.63, 3.8) is 0 Å². The van der Waals surface area contributed by atoms with E-state index in [1.54, 1.807) is 0 Å². The van der Waals surface area contributed by atoms with Crippen molar-refractivity contribution in [1.29, 1.82) is 0 Å². The van der Waals surface area contributed by atoms with Gasteiger partial charge in [0.1, 0.15) is 6.17 Å². The molecule has 7 N–H and O–H groups in total. The third-order valence-corrected chi connectivity index (χ3v) is 10.7. The maximum atomic E-state index is 14.6. The molecule has 254 valence electrons. The van der Waals surface area contributed by atoms with Gasteiger partial charge >= 0.3 is 0 Å². The second-order valence-corrected chi connectivity index (χ2v) is 14.0. The molecule has 0 aromatic heterocycles. The summed E-state index contributed by atoms with van der Waals surface area (Å²) < 4.78 is 19.9. The molecule has 12 heteroatoms. The number of nitrogens with two attached hydrogens (primary N) is 2. The normalized spacial score (nSPS) is 35.7. The van der Waals surface area contributed by atoms with Gasteiger partial charge in [0.2, 0.25) is 11.8 Å². The van der Waals surface area contributed by atoms with Crippen LogP contribution >= 0.6 is 0 Å². The van der Waals surface area contributed by atoms with Crippen LogP contribution in [-0.2, 0) is 14.3 Å². The number of allylic oxidation sites excluding steroid dienone is 1. The van der Waals surface area contributed by atoms with Gasteiger partial charge in [-0.25, -0.2) is 4.39 Å². The number of piperidine rings is 2. The lowest BCUT2D eigenvalue weighted by molar-refractivity contribution is -0.138. The number of carbonyl (C=O) groups excluding carboxylic acids is 2. The molecule has 7 atom stereocenters. The van der Waals surface area contributed by atoms with E-state index >= 15 is 0 Å². The lowest BCUT2D eigenvalue weighted by Gasteiger charge is -2.44. The summed E-state index contributed by atoms with van der Waals surface area (Å²) in [6.07, 6.45) is 9.19. The number of nitrogens with zero attached hydrogens (tertiary/aromatic N) is 3. The second kappa shape index (κ2) is 16.7. The van der Waals surface area contributed by atoms with Gasteiger partial charge in [0, 0.05) is 45.0 Å². The highest BCUT2D eigenvalue weighted by atomic mass is 19.1. The van der Waals surface area contributed by atoms with Crippen molar-refractivity contribution >= 4 is 18.0 Å². The lowest BCUT2D eigenvalue weighted by atomic mass is 9.76. The Morgan fingerprint density at radius 1 is 1.04 bits per heavy atom. The highest BCUT2D eigenvalue weighted by molar-refractivity contribution is 5.82. The molecule has 0 radical (unpaired) electrons. The van der Waals surface area contributed by atoms with Gasteiger partial charge in [0.15, 0.2) is 0 Å². The number of ether oxygens (including phenoxy) is 1. The second-order valence-electron chi connectivity index (χ2n) is 14.0. The Morgan fingerprint density at radius 2 is 1.82 bits per heavy atom. The van der Waals surface area contributed by atoms with E-state index in [0.717, 1.165) is 109 Å². The van der Waals surface area contributed by atoms with Crippen LogP contribution in [0.2, 0.25) is 0 Å². The highest BCUT2D eigenvalue weighted by Crippen LogP contribution is 2.30. The molecule has 0 aromatic carbocycles. The monoisotopic (exact) mass is 632 g/mol. The average molecular weight is 633 g/mol. The van der Waals surface area contributed by atoms with E-state index in [2.05, 4.69) is 25.8 Å². The zero-order chi connectivity index (χ0) is 31.8. The first kappa shape index (κ1) is 34.4. The van der Waals surface area contributed by atoms with Crippen molar-refractivity contribution in [3.8, 4) is 0 Å². The largest absolute Gasteiger partial charge is 0.378 e. The van der Waals surface area contributed by atoms with Gasteiger partial charge in [-0.15, -0.1) is 0 Å². The van der Waals surface area contributed by atoms with Gasteiger partial charge < -0.3 is 37.1 Å². The van der Waals surface area contributed by atoms with Gasteiger partial charge in [-0.3, -0.25) is 19.5 Å². The number of hydrogen-bond donors (Lipinski definition) is 5. The summed E-state index contributed by atoms with van der Waals surface area (Å²) in [5.41, 5.74) is 13.6. The average Bonchev–Trinajstić information content (AvgIpc) is 3.00. The molecule has 0 bridgehead atoms. The van der Waals surface area contributed by atoms with Crippen molar-refractivity contribution in [2.75, 3.05) is 59.0 Å². The molecule has 2 amide bonds. The summed E-state index contributed by atoms with van der Waals surface area (Å²) in [5, 5.41) is 10.3. The minimum atomic E-state index is -1.15. The fourth-order valence-electron chi connectivity index (χ4n) is 7.83. The van der Waals surface area contributed by atoms with E-state index in [1.807, 2.05) is 17.9 Å². The van der Waals surface area contributed by atoms with Crippen LogP contribution in [0.15, 0.2) is 16.6 Å². The molecule has 45 heavy (non-hydrogen) atoms. The molecule has 0 aliphatic carbocycles. The number of nitrogens with one attached hydrogen (secondary N) is 3. The molecule has 4 saturated heterocycles. The maximum Gasteiger partial charge on any atom is 0.239 e. The summed E-state index contributed by atoms with van der Waals surface area (Å²) in [6, 6.07) is -0.349. The number of carbonyl (C=O) groups is 2. The Kier molecular flexibility index (Phi) is 12.8. The van der Waals surface area contributed by atoms with Gasteiger partial charge in [-0.2, -0.15) is 0 Å². The number of amides is 2. The van der Waals surface area contributed by atoms with Crippen LogP contribution in [0.3, 0.4) is 0 Å². The third kappa shape index (κ3) is 9.32. The van der Waals surface area contributed by atoms with Crippen LogP contribution in [-0.4, -0.2) is 123 Å². The van der Waals surface area contributed by atoms with Crippen molar-refractivity contribution < 1.29 is 18.7 Å². The van der Waals surface area contributed by atoms with Gasteiger partial charge in [-0.05, 0) is 70.4 Å². The zero-order valence-electron chi connectivity index (χ0n) is 27.2. The number of hydrogen-bond acceptors (Lipinski definition) is 9. The van der Waals surface area contributed by atoms with E-state index in [9.17, 15) is 14.0 Å². The van der Waals surface area contributed by atoms with E-state index < -0.39 is 24.3 Å². The Labute approximate surface area is 268 Å². The van der Waals surface area contributed by atoms with Crippen LogP contribution in [0.5, 0.6) is 0 Å². The Balaban J connectivity index is 1.17. The molecule has 4 fully saturated rings. The molecule has 0 aromatic rings. The van der Waals surface area contributed by atoms with E-state index in [4.69, 9.17) is 16.2 Å². The van der Waals surface area contributed by atoms with Crippen LogP contribution < -0.4 is 27.4 Å². The van der Waals surface area contributed by atoms with Crippen molar-refractivity contribution in [2.24, 2.45) is 34.2 Å². The molecule has 11 nitrogen and oxygen atoms in total. The van der Waals surface area contributed by atoms with Crippen molar-refractivity contribution in [2.45, 2.75) is 101 Å². The SMILES string of the molecule is C/C1=C/C(C(C(=O)NC2CNCCC2C2CC[C@H](C(=O)N3CCN(C4COC4)CC3)NC2)C(N)N)/N=C\C(F)CCCCCC1. The topological polar surface area (TPSA) is 150 Å².